The Kier molecular flexibility index (Phi) is 4.62. The maximum absolute atomic E-state index is 12.8. The minimum Gasteiger partial charge on any atom is -0.336 e. The van der Waals surface area contributed by atoms with Gasteiger partial charge in [0.15, 0.2) is 0 Å². The third-order valence-corrected chi connectivity index (χ3v) is 4.64. The smallest absolute Gasteiger partial charge is 0.254 e. The summed E-state index contributed by atoms with van der Waals surface area (Å²) in [5, 5.41) is 0.392. The topological polar surface area (TPSA) is 33.2 Å². The molecule has 2 heterocycles. The van der Waals surface area contributed by atoms with Crippen molar-refractivity contribution in [2.75, 3.05) is 6.54 Å². The number of likely N-dealkylation sites (tertiary alicyclic amines) is 1. The summed E-state index contributed by atoms with van der Waals surface area (Å²) in [6.45, 7) is 11.4. The normalized spacial score (nSPS) is 23.2. The number of amides is 1. The van der Waals surface area contributed by atoms with Crippen LogP contribution in [-0.2, 0) is 5.41 Å². The van der Waals surface area contributed by atoms with Crippen LogP contribution >= 0.6 is 11.6 Å². The van der Waals surface area contributed by atoms with Crippen LogP contribution in [0.4, 0.5) is 0 Å². The summed E-state index contributed by atoms with van der Waals surface area (Å²) in [6, 6.07) is 3.85. The Bertz CT molecular complexity index is 536. The van der Waals surface area contributed by atoms with E-state index in [2.05, 4.69) is 39.6 Å². The van der Waals surface area contributed by atoms with Crippen LogP contribution in [-0.4, -0.2) is 28.4 Å². The molecule has 0 aliphatic carbocycles. The van der Waals surface area contributed by atoms with Crippen molar-refractivity contribution >= 4 is 17.5 Å². The first-order valence-corrected chi connectivity index (χ1v) is 8.07. The number of carbonyl (C=O) groups excluding carboxylic acids is 1. The Labute approximate surface area is 132 Å². The summed E-state index contributed by atoms with van der Waals surface area (Å²) >= 11 is 6.12. The van der Waals surface area contributed by atoms with Crippen molar-refractivity contribution in [1.29, 1.82) is 0 Å². The van der Waals surface area contributed by atoms with Crippen molar-refractivity contribution < 1.29 is 4.79 Å². The second-order valence-electron chi connectivity index (χ2n) is 7.17. The molecule has 3 nitrogen and oxygen atoms in total. The first-order valence-electron chi connectivity index (χ1n) is 7.69. The number of halogens is 1. The standard InChI is InChI=1S/C17H25ClN2O/c1-11-7-6-8-20(12(11)2)16(21)13-9-14(17(3,4)5)19-15(18)10-13/h9-12H,6-8H2,1-5H3. The van der Waals surface area contributed by atoms with Gasteiger partial charge in [-0.05, 0) is 37.8 Å². The van der Waals surface area contributed by atoms with Crippen LogP contribution in [0.2, 0.25) is 5.15 Å². The van der Waals surface area contributed by atoms with Gasteiger partial charge in [0, 0.05) is 29.3 Å². The first kappa shape index (κ1) is 16.3. The number of hydrogen-bond donors (Lipinski definition) is 0. The number of aromatic nitrogens is 1. The van der Waals surface area contributed by atoms with Gasteiger partial charge in [0.2, 0.25) is 0 Å². The van der Waals surface area contributed by atoms with Crippen LogP contribution in [0, 0.1) is 5.92 Å². The number of carbonyl (C=O) groups is 1. The lowest BCUT2D eigenvalue weighted by atomic mass is 9.89. The van der Waals surface area contributed by atoms with Gasteiger partial charge in [0.05, 0.1) is 0 Å². The Morgan fingerprint density at radius 3 is 2.62 bits per heavy atom. The van der Waals surface area contributed by atoms with Gasteiger partial charge in [-0.1, -0.05) is 39.3 Å². The average molecular weight is 309 g/mol. The molecule has 0 aromatic carbocycles. The zero-order chi connectivity index (χ0) is 15.8. The molecule has 1 aromatic heterocycles. The van der Waals surface area contributed by atoms with Crippen molar-refractivity contribution in [1.82, 2.24) is 9.88 Å². The van der Waals surface area contributed by atoms with Gasteiger partial charge in [0.1, 0.15) is 5.15 Å². The maximum Gasteiger partial charge on any atom is 0.254 e. The molecular formula is C17H25ClN2O. The van der Waals surface area contributed by atoms with E-state index >= 15 is 0 Å². The minimum atomic E-state index is -0.124. The fourth-order valence-electron chi connectivity index (χ4n) is 2.79. The lowest BCUT2D eigenvalue weighted by molar-refractivity contribution is 0.0550. The predicted molar refractivity (Wildman–Crippen MR) is 86.8 cm³/mol. The predicted octanol–water partition coefficient (Wildman–Crippen LogP) is 4.29. The molecule has 2 atom stereocenters. The van der Waals surface area contributed by atoms with Crippen LogP contribution in [0.5, 0.6) is 0 Å². The van der Waals surface area contributed by atoms with Gasteiger partial charge in [-0.15, -0.1) is 0 Å². The fraction of sp³-hybridized carbons (Fsp3) is 0.647. The van der Waals surface area contributed by atoms with E-state index < -0.39 is 0 Å². The second-order valence-corrected chi connectivity index (χ2v) is 7.56. The van der Waals surface area contributed by atoms with E-state index in [1.807, 2.05) is 11.0 Å². The molecule has 2 unspecified atom stereocenters. The summed E-state index contributed by atoms with van der Waals surface area (Å²) < 4.78 is 0. The Morgan fingerprint density at radius 2 is 2.00 bits per heavy atom. The fourth-order valence-corrected chi connectivity index (χ4v) is 3.00. The first-order chi connectivity index (χ1) is 9.70. The molecule has 1 aliphatic heterocycles. The Morgan fingerprint density at radius 1 is 1.33 bits per heavy atom. The van der Waals surface area contributed by atoms with Gasteiger partial charge in [-0.2, -0.15) is 0 Å². The van der Waals surface area contributed by atoms with Gasteiger partial charge in [-0.25, -0.2) is 4.98 Å². The van der Waals surface area contributed by atoms with E-state index in [-0.39, 0.29) is 17.4 Å². The zero-order valence-electron chi connectivity index (χ0n) is 13.6. The van der Waals surface area contributed by atoms with Gasteiger partial charge in [-0.3, -0.25) is 4.79 Å². The molecule has 4 heteroatoms. The summed E-state index contributed by atoms with van der Waals surface area (Å²) in [7, 11) is 0. The summed E-state index contributed by atoms with van der Waals surface area (Å²) in [5.74, 6) is 0.617. The molecule has 1 amide bonds. The molecule has 0 saturated carbocycles. The van der Waals surface area contributed by atoms with E-state index in [0.717, 1.165) is 18.7 Å². The number of piperidine rings is 1. The van der Waals surface area contributed by atoms with Gasteiger partial charge in [0.25, 0.3) is 5.91 Å². The van der Waals surface area contributed by atoms with Gasteiger partial charge < -0.3 is 4.90 Å². The van der Waals surface area contributed by atoms with Crippen LogP contribution in [0.3, 0.4) is 0 Å². The summed E-state index contributed by atoms with van der Waals surface area (Å²) in [4.78, 5) is 19.2. The van der Waals surface area contributed by atoms with Crippen LogP contribution in [0.15, 0.2) is 12.1 Å². The molecular weight excluding hydrogens is 284 g/mol. The molecule has 1 fully saturated rings. The molecule has 1 aromatic rings. The monoisotopic (exact) mass is 308 g/mol. The minimum absolute atomic E-state index is 0.0730. The van der Waals surface area contributed by atoms with E-state index in [1.54, 1.807) is 6.07 Å². The summed E-state index contributed by atoms with van der Waals surface area (Å²) in [5.41, 5.74) is 1.39. The molecule has 21 heavy (non-hydrogen) atoms. The van der Waals surface area contributed by atoms with E-state index in [1.165, 1.54) is 6.42 Å². The van der Waals surface area contributed by atoms with Crippen LogP contribution in [0.25, 0.3) is 0 Å². The van der Waals surface area contributed by atoms with Crippen molar-refractivity contribution in [3.05, 3.63) is 28.5 Å². The maximum atomic E-state index is 12.8. The second kappa shape index (κ2) is 5.96. The molecule has 0 N–H and O–H groups in total. The third kappa shape index (κ3) is 3.57. The molecule has 1 aliphatic rings. The largest absolute Gasteiger partial charge is 0.336 e. The van der Waals surface area contributed by atoms with Crippen molar-refractivity contribution in [3.8, 4) is 0 Å². The Hall–Kier alpha value is -1.09. The molecule has 0 bridgehead atoms. The van der Waals surface area contributed by atoms with Crippen LogP contribution < -0.4 is 0 Å². The average Bonchev–Trinajstić information content (AvgIpc) is 2.39. The zero-order valence-corrected chi connectivity index (χ0v) is 14.4. The highest BCUT2D eigenvalue weighted by Gasteiger charge is 2.30. The number of pyridine rings is 1. The number of nitrogens with zero attached hydrogens (tertiary/aromatic N) is 2. The number of rotatable bonds is 1. The van der Waals surface area contributed by atoms with Crippen molar-refractivity contribution in [2.24, 2.45) is 5.92 Å². The van der Waals surface area contributed by atoms with E-state index in [0.29, 0.717) is 16.6 Å². The van der Waals surface area contributed by atoms with E-state index in [9.17, 15) is 4.79 Å². The molecule has 0 radical (unpaired) electrons. The highest BCUT2D eigenvalue weighted by molar-refractivity contribution is 6.29. The van der Waals surface area contributed by atoms with Crippen molar-refractivity contribution in [3.63, 3.8) is 0 Å². The van der Waals surface area contributed by atoms with Crippen molar-refractivity contribution in [2.45, 2.75) is 58.9 Å². The molecule has 116 valence electrons. The summed E-state index contributed by atoms with van der Waals surface area (Å²) in [6.07, 6.45) is 2.26. The Balaban J connectivity index is 2.33. The lowest BCUT2D eigenvalue weighted by Gasteiger charge is -2.38. The van der Waals surface area contributed by atoms with Gasteiger partial charge >= 0.3 is 0 Å². The highest BCUT2D eigenvalue weighted by Crippen LogP contribution is 2.27. The SMILES string of the molecule is CC1CCCN(C(=O)c2cc(Cl)nc(C(C)(C)C)c2)C1C. The molecule has 2 rings (SSSR count). The quantitative estimate of drug-likeness (QED) is 0.725. The number of hydrogen-bond acceptors (Lipinski definition) is 2. The third-order valence-electron chi connectivity index (χ3n) is 4.44. The lowest BCUT2D eigenvalue weighted by Crippen LogP contribution is -2.46. The molecule has 1 saturated heterocycles. The van der Waals surface area contributed by atoms with E-state index in [4.69, 9.17) is 11.6 Å². The van der Waals surface area contributed by atoms with Crippen LogP contribution in [0.1, 0.15) is 63.5 Å². The highest BCUT2D eigenvalue weighted by atomic mass is 35.5. The molecule has 0 spiro atoms.